The Morgan fingerprint density at radius 3 is 2.44 bits per heavy atom. The lowest BCUT2D eigenvalue weighted by atomic mass is 10.1. The number of aromatic nitrogens is 1. The molecule has 6 nitrogen and oxygen atoms in total. The number of anilines is 1. The SMILES string of the molecule is CCc1ccc(OCC(=O)NC(=S)Nc2ccc(Cc3nc4cc(C)cc(C)c4o3)cc2)cc1. The third-order valence-corrected chi connectivity index (χ3v) is 5.59. The van der Waals surface area contributed by atoms with E-state index in [4.69, 9.17) is 21.4 Å². The summed E-state index contributed by atoms with van der Waals surface area (Å²) in [5.41, 5.74) is 7.02. The first-order chi connectivity index (χ1) is 16.4. The van der Waals surface area contributed by atoms with E-state index in [1.807, 2.05) is 61.5 Å². The number of aryl methyl sites for hydroxylation is 3. The lowest BCUT2D eigenvalue weighted by molar-refractivity contribution is -0.121. The van der Waals surface area contributed by atoms with E-state index in [0.717, 1.165) is 34.3 Å². The highest BCUT2D eigenvalue weighted by Gasteiger charge is 2.10. The second-order valence-electron chi connectivity index (χ2n) is 8.20. The van der Waals surface area contributed by atoms with Crippen molar-refractivity contribution in [2.45, 2.75) is 33.6 Å². The van der Waals surface area contributed by atoms with Gasteiger partial charge in [-0.15, -0.1) is 0 Å². The number of amides is 1. The van der Waals surface area contributed by atoms with Crippen LogP contribution in [0.1, 0.15) is 35.1 Å². The fourth-order valence-corrected chi connectivity index (χ4v) is 3.91. The zero-order chi connectivity index (χ0) is 24.1. The van der Waals surface area contributed by atoms with Crippen molar-refractivity contribution in [2.24, 2.45) is 0 Å². The molecule has 1 heterocycles. The highest BCUT2D eigenvalue weighted by Crippen LogP contribution is 2.23. The predicted octanol–water partition coefficient (Wildman–Crippen LogP) is 5.49. The Bertz CT molecular complexity index is 1310. The van der Waals surface area contributed by atoms with Gasteiger partial charge in [-0.1, -0.05) is 37.3 Å². The zero-order valence-electron chi connectivity index (χ0n) is 19.5. The second kappa shape index (κ2) is 10.5. The lowest BCUT2D eigenvalue weighted by Crippen LogP contribution is -2.37. The minimum atomic E-state index is -0.324. The third kappa shape index (κ3) is 5.99. The number of carbonyl (C=O) groups excluding carboxylic acids is 1. The summed E-state index contributed by atoms with van der Waals surface area (Å²) in [5, 5.41) is 5.86. The van der Waals surface area contributed by atoms with Gasteiger partial charge < -0.3 is 14.5 Å². The first-order valence-electron chi connectivity index (χ1n) is 11.2. The second-order valence-corrected chi connectivity index (χ2v) is 8.61. The molecular formula is C27H27N3O3S. The topological polar surface area (TPSA) is 76.4 Å². The molecule has 0 atom stereocenters. The predicted molar refractivity (Wildman–Crippen MR) is 138 cm³/mol. The molecule has 1 aromatic heterocycles. The summed E-state index contributed by atoms with van der Waals surface area (Å²) in [6.45, 7) is 6.06. The number of nitrogens with one attached hydrogen (secondary N) is 2. The van der Waals surface area contributed by atoms with E-state index in [0.29, 0.717) is 18.1 Å². The molecular weight excluding hydrogens is 446 g/mol. The van der Waals surface area contributed by atoms with Gasteiger partial charge in [-0.05, 0) is 85.1 Å². The molecule has 34 heavy (non-hydrogen) atoms. The molecule has 0 saturated heterocycles. The van der Waals surface area contributed by atoms with E-state index in [-0.39, 0.29) is 17.6 Å². The van der Waals surface area contributed by atoms with Crippen LogP contribution in [0.3, 0.4) is 0 Å². The van der Waals surface area contributed by atoms with Crippen molar-refractivity contribution in [3.8, 4) is 5.75 Å². The summed E-state index contributed by atoms with van der Waals surface area (Å²) < 4.78 is 11.5. The summed E-state index contributed by atoms with van der Waals surface area (Å²) in [5.74, 6) is 0.998. The Hall–Kier alpha value is -3.71. The van der Waals surface area contributed by atoms with Gasteiger partial charge in [0.05, 0.1) is 0 Å². The first-order valence-corrected chi connectivity index (χ1v) is 11.6. The molecule has 2 N–H and O–H groups in total. The van der Waals surface area contributed by atoms with Crippen LogP contribution in [0.5, 0.6) is 5.75 Å². The highest BCUT2D eigenvalue weighted by molar-refractivity contribution is 7.80. The number of hydrogen-bond acceptors (Lipinski definition) is 5. The van der Waals surface area contributed by atoms with E-state index in [1.54, 1.807) is 0 Å². The molecule has 4 rings (SSSR count). The van der Waals surface area contributed by atoms with Crippen molar-refractivity contribution in [1.82, 2.24) is 10.3 Å². The van der Waals surface area contributed by atoms with Crippen LogP contribution >= 0.6 is 12.2 Å². The fourth-order valence-electron chi connectivity index (χ4n) is 3.67. The smallest absolute Gasteiger partial charge is 0.264 e. The number of nitrogens with zero attached hydrogens (tertiary/aromatic N) is 1. The molecule has 1 amide bonds. The van der Waals surface area contributed by atoms with Gasteiger partial charge in [-0.25, -0.2) is 4.98 Å². The van der Waals surface area contributed by atoms with Gasteiger partial charge in [0.15, 0.2) is 23.2 Å². The van der Waals surface area contributed by atoms with E-state index in [2.05, 4.69) is 35.5 Å². The standard InChI is InChI=1S/C27H27N3O3S/c1-4-19-7-11-22(12-8-19)32-16-24(31)30-27(34)28-21-9-5-20(6-10-21)15-25-29-23-14-17(2)13-18(3)26(23)33-25/h5-14H,4,15-16H2,1-3H3,(H2,28,30,31,34). The van der Waals surface area contributed by atoms with Gasteiger partial charge in [0.2, 0.25) is 0 Å². The van der Waals surface area contributed by atoms with Crippen LogP contribution in [0, 0.1) is 13.8 Å². The van der Waals surface area contributed by atoms with Crippen LogP contribution in [0.4, 0.5) is 5.69 Å². The number of ether oxygens (including phenoxy) is 1. The monoisotopic (exact) mass is 473 g/mol. The number of fused-ring (bicyclic) bond motifs is 1. The van der Waals surface area contributed by atoms with E-state index in [1.165, 1.54) is 11.1 Å². The number of rotatable bonds is 7. The Balaban J connectivity index is 1.27. The molecule has 0 fully saturated rings. The Labute approximate surface area is 204 Å². The van der Waals surface area contributed by atoms with Crippen molar-refractivity contribution in [2.75, 3.05) is 11.9 Å². The van der Waals surface area contributed by atoms with Gasteiger partial charge >= 0.3 is 0 Å². The number of carbonyl (C=O) groups is 1. The molecule has 0 bridgehead atoms. The van der Waals surface area contributed by atoms with E-state index in [9.17, 15) is 4.79 Å². The molecule has 7 heteroatoms. The van der Waals surface area contributed by atoms with Crippen LogP contribution in [0.25, 0.3) is 11.1 Å². The molecule has 174 valence electrons. The van der Waals surface area contributed by atoms with Gasteiger partial charge in [-0.2, -0.15) is 0 Å². The minimum absolute atomic E-state index is 0.115. The normalized spacial score (nSPS) is 10.8. The highest BCUT2D eigenvalue weighted by atomic mass is 32.1. The zero-order valence-corrected chi connectivity index (χ0v) is 20.3. The van der Waals surface area contributed by atoms with Gasteiger partial charge in [-0.3, -0.25) is 10.1 Å². The maximum Gasteiger partial charge on any atom is 0.264 e. The van der Waals surface area contributed by atoms with Gasteiger partial charge in [0, 0.05) is 12.1 Å². The molecule has 0 aliphatic rings. The average molecular weight is 474 g/mol. The number of oxazole rings is 1. The van der Waals surface area contributed by atoms with Crippen molar-refractivity contribution < 1.29 is 13.9 Å². The maximum atomic E-state index is 12.1. The average Bonchev–Trinajstić information content (AvgIpc) is 3.22. The summed E-state index contributed by atoms with van der Waals surface area (Å²) in [6, 6.07) is 19.5. The van der Waals surface area contributed by atoms with Crippen LogP contribution in [-0.4, -0.2) is 22.6 Å². The molecule has 3 aromatic carbocycles. The fraction of sp³-hybridized carbons (Fsp3) is 0.222. The minimum Gasteiger partial charge on any atom is -0.484 e. The quantitative estimate of drug-likeness (QED) is 0.346. The van der Waals surface area contributed by atoms with Crippen LogP contribution in [-0.2, 0) is 17.6 Å². The maximum absolute atomic E-state index is 12.1. The Kier molecular flexibility index (Phi) is 7.23. The molecule has 0 spiro atoms. The molecule has 0 saturated carbocycles. The van der Waals surface area contributed by atoms with E-state index >= 15 is 0 Å². The summed E-state index contributed by atoms with van der Waals surface area (Å²) in [7, 11) is 0. The Morgan fingerprint density at radius 2 is 1.74 bits per heavy atom. The largest absolute Gasteiger partial charge is 0.484 e. The molecule has 4 aromatic rings. The Morgan fingerprint density at radius 1 is 1.03 bits per heavy atom. The molecule has 0 unspecified atom stereocenters. The lowest BCUT2D eigenvalue weighted by Gasteiger charge is -2.11. The summed E-state index contributed by atoms with van der Waals surface area (Å²) in [6.07, 6.45) is 1.54. The van der Waals surface area contributed by atoms with Gasteiger partial charge in [0.1, 0.15) is 11.3 Å². The first kappa shape index (κ1) is 23.4. The number of hydrogen-bond donors (Lipinski definition) is 2. The number of benzene rings is 3. The van der Waals surface area contributed by atoms with Crippen LogP contribution in [0.2, 0.25) is 0 Å². The van der Waals surface area contributed by atoms with Crippen LogP contribution in [0.15, 0.2) is 65.1 Å². The number of thiocarbonyl (C=S) groups is 1. The van der Waals surface area contributed by atoms with E-state index < -0.39 is 0 Å². The van der Waals surface area contributed by atoms with Crippen molar-refractivity contribution in [3.05, 3.63) is 88.8 Å². The summed E-state index contributed by atoms with van der Waals surface area (Å²) >= 11 is 5.25. The van der Waals surface area contributed by atoms with Crippen LogP contribution < -0.4 is 15.4 Å². The van der Waals surface area contributed by atoms with Crippen molar-refractivity contribution in [3.63, 3.8) is 0 Å². The van der Waals surface area contributed by atoms with Gasteiger partial charge in [0.25, 0.3) is 5.91 Å². The molecule has 0 aliphatic heterocycles. The van der Waals surface area contributed by atoms with Crippen molar-refractivity contribution >= 4 is 40.0 Å². The summed E-state index contributed by atoms with van der Waals surface area (Å²) in [4.78, 5) is 16.8. The van der Waals surface area contributed by atoms with Crippen molar-refractivity contribution in [1.29, 1.82) is 0 Å². The third-order valence-electron chi connectivity index (χ3n) is 5.39. The molecule has 0 aliphatic carbocycles. The molecule has 0 radical (unpaired) electrons.